The zero-order valence-electron chi connectivity index (χ0n) is 20.1. The fraction of sp³-hybridized carbons (Fsp3) is 0.222. The summed E-state index contributed by atoms with van der Waals surface area (Å²) in [6.45, 7) is 4.28. The van der Waals surface area contributed by atoms with Crippen LogP contribution in [0.15, 0.2) is 65.6 Å². The standard InChI is InChI=1S/C27H26Cl2N2O4S/c1-17-14-18(2)25(29)24(15-17)35-13-7-10-22-21-12-11-19(28)16-23(21)31(3)26(22)27(32)30-36(33,34)20-8-5-4-6-9-20/h4-6,8-9,11-12,14-16H,7,10,13H2,1-3H3,(H,30,32). The third-order valence-corrected chi connectivity index (χ3v) is 8.02. The largest absolute Gasteiger partial charge is 0.492 e. The molecule has 1 N–H and O–H groups in total. The fourth-order valence-corrected chi connectivity index (χ4v) is 5.61. The molecule has 0 saturated carbocycles. The molecule has 6 nitrogen and oxygen atoms in total. The molecule has 0 saturated heterocycles. The summed E-state index contributed by atoms with van der Waals surface area (Å²) in [6.07, 6.45) is 1.06. The number of nitrogens with zero attached hydrogens (tertiary/aromatic N) is 1. The van der Waals surface area contributed by atoms with Crippen molar-refractivity contribution >= 4 is 50.0 Å². The molecule has 0 aliphatic heterocycles. The maximum absolute atomic E-state index is 13.3. The van der Waals surface area contributed by atoms with Crippen LogP contribution in [0.4, 0.5) is 0 Å². The Morgan fingerprint density at radius 2 is 1.75 bits per heavy atom. The molecule has 1 amide bonds. The number of amides is 1. The molecule has 0 radical (unpaired) electrons. The lowest BCUT2D eigenvalue weighted by molar-refractivity contribution is 0.0973. The van der Waals surface area contributed by atoms with Crippen LogP contribution in [-0.4, -0.2) is 25.5 Å². The van der Waals surface area contributed by atoms with E-state index in [1.165, 1.54) is 12.1 Å². The third-order valence-electron chi connectivity index (χ3n) is 5.96. The maximum Gasteiger partial charge on any atom is 0.281 e. The number of carbonyl (C=O) groups excluding carboxylic acids is 1. The summed E-state index contributed by atoms with van der Waals surface area (Å²) in [5.74, 6) is -0.0901. The minimum Gasteiger partial charge on any atom is -0.492 e. The number of fused-ring (bicyclic) bond motifs is 1. The quantitative estimate of drug-likeness (QED) is 0.266. The third kappa shape index (κ3) is 5.38. The monoisotopic (exact) mass is 544 g/mol. The molecule has 9 heteroatoms. The Kier molecular flexibility index (Phi) is 7.64. The first kappa shape index (κ1) is 26.1. The molecule has 4 rings (SSSR count). The van der Waals surface area contributed by atoms with Gasteiger partial charge in [-0.25, -0.2) is 13.1 Å². The van der Waals surface area contributed by atoms with Crippen LogP contribution in [0.1, 0.15) is 33.6 Å². The molecule has 4 aromatic rings. The van der Waals surface area contributed by atoms with E-state index >= 15 is 0 Å². The van der Waals surface area contributed by atoms with E-state index in [1.807, 2.05) is 32.0 Å². The topological polar surface area (TPSA) is 77.4 Å². The molecule has 188 valence electrons. The van der Waals surface area contributed by atoms with E-state index in [-0.39, 0.29) is 10.6 Å². The van der Waals surface area contributed by atoms with Gasteiger partial charge in [0.1, 0.15) is 11.4 Å². The molecule has 0 aliphatic carbocycles. The lowest BCUT2D eigenvalue weighted by atomic mass is 10.1. The zero-order valence-corrected chi connectivity index (χ0v) is 22.5. The van der Waals surface area contributed by atoms with Crippen molar-refractivity contribution in [2.24, 2.45) is 7.05 Å². The van der Waals surface area contributed by atoms with E-state index in [9.17, 15) is 13.2 Å². The van der Waals surface area contributed by atoms with Crippen molar-refractivity contribution in [1.82, 2.24) is 9.29 Å². The molecule has 0 unspecified atom stereocenters. The Morgan fingerprint density at radius 3 is 2.47 bits per heavy atom. The summed E-state index contributed by atoms with van der Waals surface area (Å²) < 4.78 is 35.5. The van der Waals surface area contributed by atoms with E-state index in [0.29, 0.717) is 35.2 Å². The number of rotatable bonds is 8. The Hall–Kier alpha value is -3.00. The number of hydrogen-bond donors (Lipinski definition) is 1. The number of benzene rings is 3. The highest BCUT2D eigenvalue weighted by Gasteiger charge is 2.25. The van der Waals surface area contributed by atoms with Crippen LogP contribution in [0.25, 0.3) is 10.9 Å². The molecule has 0 aliphatic rings. The van der Waals surface area contributed by atoms with Crippen molar-refractivity contribution in [2.45, 2.75) is 31.6 Å². The Labute approximate surface area is 220 Å². The van der Waals surface area contributed by atoms with E-state index in [1.54, 1.807) is 41.9 Å². The first-order chi connectivity index (χ1) is 17.1. The molecule has 0 fully saturated rings. The van der Waals surface area contributed by atoms with E-state index in [4.69, 9.17) is 27.9 Å². The molecule has 1 heterocycles. The second-order valence-electron chi connectivity index (χ2n) is 8.64. The maximum atomic E-state index is 13.3. The molecular formula is C27H26Cl2N2O4S. The summed E-state index contributed by atoms with van der Waals surface area (Å²) in [5, 5.41) is 1.92. The van der Waals surface area contributed by atoms with Crippen molar-refractivity contribution < 1.29 is 17.9 Å². The van der Waals surface area contributed by atoms with Crippen molar-refractivity contribution in [3.8, 4) is 5.75 Å². The summed E-state index contributed by atoms with van der Waals surface area (Å²) >= 11 is 12.6. The highest BCUT2D eigenvalue weighted by Crippen LogP contribution is 2.31. The normalized spacial score (nSPS) is 11.6. The Balaban J connectivity index is 1.61. The van der Waals surface area contributed by atoms with Gasteiger partial charge in [-0.2, -0.15) is 0 Å². The van der Waals surface area contributed by atoms with Crippen molar-refractivity contribution in [3.63, 3.8) is 0 Å². The molecular weight excluding hydrogens is 519 g/mol. The van der Waals surface area contributed by atoms with Crippen LogP contribution >= 0.6 is 23.2 Å². The lowest BCUT2D eigenvalue weighted by Gasteiger charge is -2.12. The highest BCUT2D eigenvalue weighted by atomic mass is 35.5. The van der Waals surface area contributed by atoms with Gasteiger partial charge in [0, 0.05) is 17.5 Å². The molecule has 3 aromatic carbocycles. The van der Waals surface area contributed by atoms with E-state index < -0.39 is 15.9 Å². The average Bonchev–Trinajstić information content (AvgIpc) is 3.10. The summed E-state index contributed by atoms with van der Waals surface area (Å²) in [5.41, 5.74) is 3.71. The Morgan fingerprint density at radius 1 is 1.03 bits per heavy atom. The molecule has 0 spiro atoms. The number of carbonyl (C=O) groups is 1. The van der Waals surface area contributed by atoms with E-state index in [0.717, 1.165) is 27.6 Å². The minimum atomic E-state index is -4.04. The minimum absolute atomic E-state index is 0.0143. The van der Waals surface area contributed by atoms with Gasteiger partial charge in [-0.15, -0.1) is 0 Å². The highest BCUT2D eigenvalue weighted by molar-refractivity contribution is 7.90. The average molecular weight is 545 g/mol. The lowest BCUT2D eigenvalue weighted by Crippen LogP contribution is -2.32. The number of halogens is 2. The van der Waals surface area contributed by atoms with Crippen LogP contribution in [0.3, 0.4) is 0 Å². The van der Waals surface area contributed by atoms with Crippen molar-refractivity contribution in [2.75, 3.05) is 6.61 Å². The fourth-order valence-electron chi connectivity index (χ4n) is 4.31. The Bertz CT molecular complexity index is 1550. The SMILES string of the molecule is Cc1cc(C)c(Cl)c(OCCCc2c(C(=O)NS(=O)(=O)c3ccccc3)n(C)c3cc(Cl)ccc23)c1. The first-order valence-electron chi connectivity index (χ1n) is 11.4. The number of aryl methyl sites for hydroxylation is 4. The van der Waals surface area contributed by atoms with E-state index in [2.05, 4.69) is 4.72 Å². The number of ether oxygens (including phenoxy) is 1. The zero-order chi connectivity index (χ0) is 26.0. The molecule has 0 atom stereocenters. The molecule has 36 heavy (non-hydrogen) atoms. The van der Waals surface area contributed by atoms with Gasteiger partial charge in [-0.3, -0.25) is 4.79 Å². The van der Waals surface area contributed by atoms with Gasteiger partial charge in [0.2, 0.25) is 0 Å². The second kappa shape index (κ2) is 10.5. The van der Waals surface area contributed by atoms with Gasteiger partial charge in [-0.05, 0) is 73.7 Å². The molecule has 1 aromatic heterocycles. The van der Waals surface area contributed by atoms with Crippen molar-refractivity contribution in [1.29, 1.82) is 0 Å². The predicted octanol–water partition coefficient (Wildman–Crippen LogP) is 6.23. The summed E-state index contributed by atoms with van der Waals surface area (Å²) in [4.78, 5) is 13.3. The molecule has 0 bridgehead atoms. The second-order valence-corrected chi connectivity index (χ2v) is 11.1. The predicted molar refractivity (Wildman–Crippen MR) is 144 cm³/mol. The van der Waals surface area contributed by atoms with Crippen molar-refractivity contribution in [3.05, 3.63) is 93.1 Å². The van der Waals surface area contributed by atoms with Crippen LogP contribution in [-0.2, 0) is 23.5 Å². The summed E-state index contributed by atoms with van der Waals surface area (Å²) in [7, 11) is -2.32. The number of sulfonamides is 1. The van der Waals surface area contributed by atoms with Gasteiger partial charge in [-0.1, -0.05) is 53.5 Å². The first-order valence-corrected chi connectivity index (χ1v) is 13.6. The van der Waals surface area contributed by atoms with Gasteiger partial charge >= 0.3 is 0 Å². The number of nitrogens with one attached hydrogen (secondary N) is 1. The van der Waals surface area contributed by atoms with Gasteiger partial charge in [0.05, 0.1) is 22.0 Å². The van der Waals surface area contributed by atoms with Gasteiger partial charge < -0.3 is 9.30 Å². The van der Waals surface area contributed by atoms with Gasteiger partial charge in [0.15, 0.2) is 0 Å². The van der Waals surface area contributed by atoms with Crippen LogP contribution in [0.2, 0.25) is 10.0 Å². The number of aromatic nitrogens is 1. The smallest absolute Gasteiger partial charge is 0.281 e. The number of hydrogen-bond acceptors (Lipinski definition) is 4. The van der Waals surface area contributed by atoms with Crippen LogP contribution in [0.5, 0.6) is 5.75 Å². The summed E-state index contributed by atoms with van der Waals surface area (Å²) in [6, 6.07) is 17.0. The van der Waals surface area contributed by atoms with Gasteiger partial charge in [0.25, 0.3) is 15.9 Å². The van der Waals surface area contributed by atoms with Crippen LogP contribution in [0, 0.1) is 13.8 Å². The van der Waals surface area contributed by atoms with Crippen LogP contribution < -0.4 is 9.46 Å².